The normalized spacial score (nSPS) is 12.5. The van der Waals surface area contributed by atoms with Gasteiger partial charge in [-0.1, -0.05) is 18.2 Å². The Morgan fingerprint density at radius 1 is 1.54 bits per heavy atom. The van der Waals surface area contributed by atoms with E-state index in [-0.39, 0.29) is 0 Å². The molecule has 4 heteroatoms. The Morgan fingerprint density at radius 2 is 2.15 bits per heavy atom. The molecule has 1 aromatic carbocycles. The highest BCUT2D eigenvalue weighted by Gasteiger charge is 2.12. The molecule has 13 heavy (non-hydrogen) atoms. The minimum atomic E-state index is -0.989. The number of benzene rings is 1. The van der Waals surface area contributed by atoms with Gasteiger partial charge in [0.05, 0.1) is 0 Å². The van der Waals surface area contributed by atoms with Crippen molar-refractivity contribution in [3.05, 3.63) is 29.8 Å². The van der Waals surface area contributed by atoms with E-state index in [1.54, 1.807) is 0 Å². The number of hydrogen-bond donors (Lipinski definition) is 3. The van der Waals surface area contributed by atoms with Crippen molar-refractivity contribution in [1.82, 2.24) is 0 Å². The maximum absolute atomic E-state index is 10.5. The monoisotopic (exact) mass is 197 g/mol. The Morgan fingerprint density at radius 3 is 2.69 bits per heavy atom. The van der Waals surface area contributed by atoms with Crippen LogP contribution in [0.15, 0.2) is 29.2 Å². The second-order valence-corrected chi connectivity index (χ2v) is 3.26. The highest BCUT2D eigenvalue weighted by atomic mass is 32.1. The van der Waals surface area contributed by atoms with E-state index in [1.807, 2.05) is 24.3 Å². The zero-order chi connectivity index (χ0) is 9.84. The van der Waals surface area contributed by atoms with Crippen LogP contribution in [0.4, 0.5) is 0 Å². The van der Waals surface area contributed by atoms with E-state index in [2.05, 4.69) is 12.6 Å². The molecule has 70 valence electrons. The average Bonchev–Trinajstić information content (AvgIpc) is 2.08. The number of nitrogens with two attached hydrogens (primary N) is 1. The molecule has 0 amide bonds. The first-order valence-corrected chi connectivity index (χ1v) is 4.31. The van der Waals surface area contributed by atoms with Crippen molar-refractivity contribution in [3.63, 3.8) is 0 Å². The number of rotatable bonds is 3. The molecule has 0 unspecified atom stereocenters. The first-order chi connectivity index (χ1) is 6.11. The molecule has 0 saturated heterocycles. The summed E-state index contributed by atoms with van der Waals surface area (Å²) in [6.07, 6.45) is 0.314. The van der Waals surface area contributed by atoms with Crippen LogP contribution in [-0.4, -0.2) is 17.1 Å². The molecule has 3 N–H and O–H groups in total. The molecule has 1 rings (SSSR count). The van der Waals surface area contributed by atoms with E-state index in [1.165, 1.54) is 0 Å². The molecule has 0 spiro atoms. The summed E-state index contributed by atoms with van der Waals surface area (Å²) < 4.78 is 0. The number of aliphatic carboxylic acids is 1. The molecule has 3 nitrogen and oxygen atoms in total. The zero-order valence-corrected chi connectivity index (χ0v) is 7.87. The maximum atomic E-state index is 10.5. The molecule has 0 fully saturated rings. The second kappa shape index (κ2) is 4.30. The van der Waals surface area contributed by atoms with Gasteiger partial charge in [0.2, 0.25) is 0 Å². The van der Waals surface area contributed by atoms with Gasteiger partial charge in [-0.25, -0.2) is 0 Å². The van der Waals surface area contributed by atoms with Gasteiger partial charge in [-0.2, -0.15) is 0 Å². The van der Waals surface area contributed by atoms with Crippen LogP contribution in [0.2, 0.25) is 0 Å². The van der Waals surface area contributed by atoms with Crippen LogP contribution in [0.3, 0.4) is 0 Å². The largest absolute Gasteiger partial charge is 0.480 e. The first-order valence-electron chi connectivity index (χ1n) is 3.86. The molecule has 0 bridgehead atoms. The minimum absolute atomic E-state index is 0.314. The van der Waals surface area contributed by atoms with Crippen LogP contribution in [0.25, 0.3) is 0 Å². The molecule has 0 aliphatic rings. The molecule has 0 heterocycles. The SMILES string of the molecule is N[C@@H](Cc1ccccc1S)C(=O)O. The van der Waals surface area contributed by atoms with Crippen LogP contribution in [-0.2, 0) is 11.2 Å². The lowest BCUT2D eigenvalue weighted by Crippen LogP contribution is -2.32. The Labute approximate surface area is 82.0 Å². The summed E-state index contributed by atoms with van der Waals surface area (Å²) in [5.74, 6) is -0.989. The van der Waals surface area contributed by atoms with Crippen LogP contribution in [0.5, 0.6) is 0 Å². The van der Waals surface area contributed by atoms with Gasteiger partial charge in [0, 0.05) is 4.90 Å². The molecule has 0 aromatic heterocycles. The second-order valence-electron chi connectivity index (χ2n) is 2.78. The van der Waals surface area contributed by atoms with Gasteiger partial charge in [-0.15, -0.1) is 12.6 Å². The topological polar surface area (TPSA) is 63.3 Å². The summed E-state index contributed by atoms with van der Waals surface area (Å²) in [6, 6.07) is 6.47. The van der Waals surface area contributed by atoms with E-state index in [9.17, 15) is 4.79 Å². The number of carbonyl (C=O) groups is 1. The first kappa shape index (κ1) is 10.1. The van der Waals surface area contributed by atoms with Gasteiger partial charge in [-0.3, -0.25) is 4.79 Å². The van der Waals surface area contributed by atoms with Gasteiger partial charge in [0.1, 0.15) is 6.04 Å². The Bertz CT molecular complexity index is 314. The fraction of sp³-hybridized carbons (Fsp3) is 0.222. The van der Waals surface area contributed by atoms with E-state index < -0.39 is 12.0 Å². The zero-order valence-electron chi connectivity index (χ0n) is 6.97. The lowest BCUT2D eigenvalue weighted by atomic mass is 10.1. The number of hydrogen-bond acceptors (Lipinski definition) is 3. The molecular weight excluding hydrogens is 186 g/mol. The predicted octanol–water partition coefficient (Wildman–Crippen LogP) is 0.930. The fourth-order valence-electron chi connectivity index (χ4n) is 1.01. The number of thiol groups is 1. The molecule has 0 aliphatic heterocycles. The van der Waals surface area contributed by atoms with E-state index >= 15 is 0 Å². The summed E-state index contributed by atoms with van der Waals surface area (Å²) in [5, 5.41) is 8.58. The molecular formula is C9H11NO2S. The van der Waals surface area contributed by atoms with E-state index in [4.69, 9.17) is 10.8 Å². The molecule has 0 aliphatic carbocycles. The highest BCUT2D eigenvalue weighted by Crippen LogP contribution is 2.14. The molecule has 0 saturated carbocycles. The van der Waals surface area contributed by atoms with Crippen LogP contribution >= 0.6 is 12.6 Å². The highest BCUT2D eigenvalue weighted by molar-refractivity contribution is 7.80. The molecule has 0 radical (unpaired) electrons. The van der Waals surface area contributed by atoms with Crippen molar-refractivity contribution in [3.8, 4) is 0 Å². The quantitative estimate of drug-likeness (QED) is 0.632. The van der Waals surface area contributed by atoms with Crippen molar-refractivity contribution in [2.45, 2.75) is 17.4 Å². The third-order valence-corrected chi connectivity index (χ3v) is 2.18. The number of carboxylic acid groups (broad SMARTS) is 1. The fourth-order valence-corrected chi connectivity index (χ4v) is 1.26. The molecule has 1 atom stereocenters. The minimum Gasteiger partial charge on any atom is -0.480 e. The van der Waals surface area contributed by atoms with Gasteiger partial charge < -0.3 is 10.8 Å². The number of carboxylic acids is 1. The van der Waals surface area contributed by atoms with Crippen molar-refractivity contribution in [2.75, 3.05) is 0 Å². The van der Waals surface area contributed by atoms with Crippen LogP contribution in [0.1, 0.15) is 5.56 Å². The third kappa shape index (κ3) is 2.75. The molecule has 1 aromatic rings. The summed E-state index contributed by atoms with van der Waals surface area (Å²) in [7, 11) is 0. The van der Waals surface area contributed by atoms with Gasteiger partial charge in [0.15, 0.2) is 0 Å². The van der Waals surface area contributed by atoms with Gasteiger partial charge in [-0.05, 0) is 18.1 Å². The Hall–Kier alpha value is -1.00. The van der Waals surface area contributed by atoms with Crippen molar-refractivity contribution >= 4 is 18.6 Å². The maximum Gasteiger partial charge on any atom is 0.320 e. The summed E-state index contributed by atoms with van der Waals surface area (Å²) in [4.78, 5) is 11.2. The van der Waals surface area contributed by atoms with Gasteiger partial charge >= 0.3 is 5.97 Å². The van der Waals surface area contributed by atoms with Crippen LogP contribution in [0, 0.1) is 0 Å². The van der Waals surface area contributed by atoms with Gasteiger partial charge in [0.25, 0.3) is 0 Å². The van der Waals surface area contributed by atoms with Crippen LogP contribution < -0.4 is 5.73 Å². The Kier molecular flexibility index (Phi) is 3.33. The summed E-state index contributed by atoms with van der Waals surface area (Å²) >= 11 is 4.19. The summed E-state index contributed by atoms with van der Waals surface area (Å²) in [6.45, 7) is 0. The van der Waals surface area contributed by atoms with E-state index in [0.29, 0.717) is 6.42 Å². The Balaban J connectivity index is 2.74. The smallest absolute Gasteiger partial charge is 0.320 e. The summed E-state index contributed by atoms with van der Waals surface area (Å²) in [5.41, 5.74) is 6.25. The predicted molar refractivity (Wildman–Crippen MR) is 53.0 cm³/mol. The lowest BCUT2D eigenvalue weighted by Gasteiger charge is -2.07. The van der Waals surface area contributed by atoms with Crippen molar-refractivity contribution < 1.29 is 9.90 Å². The van der Waals surface area contributed by atoms with Crippen molar-refractivity contribution in [2.24, 2.45) is 5.73 Å². The third-order valence-electron chi connectivity index (χ3n) is 1.75. The van der Waals surface area contributed by atoms with Crippen molar-refractivity contribution in [1.29, 1.82) is 0 Å². The average molecular weight is 197 g/mol. The lowest BCUT2D eigenvalue weighted by molar-refractivity contribution is -0.138. The van der Waals surface area contributed by atoms with E-state index in [0.717, 1.165) is 10.5 Å². The standard InChI is InChI=1S/C9H11NO2S/c10-7(9(11)12)5-6-3-1-2-4-8(6)13/h1-4,7,13H,5,10H2,(H,11,12)/t7-/m0/s1.